The van der Waals surface area contributed by atoms with E-state index in [1.54, 1.807) is 0 Å². The summed E-state index contributed by atoms with van der Waals surface area (Å²) in [4.78, 5) is 13.2. The summed E-state index contributed by atoms with van der Waals surface area (Å²) in [6.07, 6.45) is 4.93. The molecule has 0 amide bonds. The monoisotopic (exact) mass is 181 g/mol. The molecule has 74 valence electrons. The molecule has 1 aliphatic heterocycles. The number of hydrogen-bond donors (Lipinski definition) is 0. The minimum Gasteiger partial charge on any atom is -0.303 e. The maximum absolute atomic E-state index is 10.6. The van der Waals surface area contributed by atoms with Crippen molar-refractivity contribution in [1.82, 2.24) is 4.90 Å². The third kappa shape index (κ3) is 1.52. The molecule has 1 aliphatic carbocycles. The molecule has 2 atom stereocenters. The average Bonchev–Trinajstić information content (AvgIpc) is 2.70. The van der Waals surface area contributed by atoms with Crippen molar-refractivity contribution in [3.8, 4) is 0 Å². The Kier molecular flexibility index (Phi) is 2.18. The number of nitrogens with zero attached hydrogens (tertiary/aromatic N) is 1. The predicted molar refractivity (Wildman–Crippen MR) is 52.5 cm³/mol. The van der Waals surface area contributed by atoms with Crippen molar-refractivity contribution in [3.05, 3.63) is 0 Å². The molecule has 0 aromatic heterocycles. The summed E-state index contributed by atoms with van der Waals surface area (Å²) in [6.45, 7) is 7.06. The summed E-state index contributed by atoms with van der Waals surface area (Å²) < 4.78 is 0. The first-order chi connectivity index (χ1) is 6.16. The van der Waals surface area contributed by atoms with Crippen molar-refractivity contribution >= 4 is 6.29 Å². The summed E-state index contributed by atoms with van der Waals surface area (Å²) in [5.74, 6) is 0.985. The third-order valence-corrected chi connectivity index (χ3v) is 3.84. The van der Waals surface area contributed by atoms with Gasteiger partial charge in [0.15, 0.2) is 0 Å². The second-order valence-corrected chi connectivity index (χ2v) is 4.99. The van der Waals surface area contributed by atoms with Crippen molar-refractivity contribution in [3.63, 3.8) is 0 Å². The standard InChI is InChI=1S/C11H19NO/c1-11(2,10-7-9(10)8-13)12-5-3-4-6-12/h8-10H,3-7H2,1-2H3/t9-,10-/m1/s1. The van der Waals surface area contributed by atoms with Crippen molar-refractivity contribution < 1.29 is 4.79 Å². The van der Waals surface area contributed by atoms with Gasteiger partial charge in [-0.15, -0.1) is 0 Å². The summed E-state index contributed by atoms with van der Waals surface area (Å²) in [5, 5.41) is 0. The van der Waals surface area contributed by atoms with Crippen LogP contribution in [0.5, 0.6) is 0 Å². The fourth-order valence-corrected chi connectivity index (χ4v) is 2.71. The Labute approximate surface area is 80.3 Å². The smallest absolute Gasteiger partial charge is 0.123 e. The molecule has 2 heteroatoms. The second kappa shape index (κ2) is 3.09. The Morgan fingerprint density at radius 2 is 1.92 bits per heavy atom. The van der Waals surface area contributed by atoms with E-state index in [1.807, 2.05) is 0 Å². The van der Waals surface area contributed by atoms with Gasteiger partial charge in [0, 0.05) is 11.5 Å². The van der Waals surface area contributed by atoms with Crippen LogP contribution >= 0.6 is 0 Å². The molecular formula is C11H19NO. The van der Waals surface area contributed by atoms with E-state index < -0.39 is 0 Å². The Hall–Kier alpha value is -0.370. The van der Waals surface area contributed by atoms with Gasteiger partial charge >= 0.3 is 0 Å². The van der Waals surface area contributed by atoms with Gasteiger partial charge in [0.05, 0.1) is 0 Å². The van der Waals surface area contributed by atoms with Crippen LogP contribution in [0.15, 0.2) is 0 Å². The molecule has 13 heavy (non-hydrogen) atoms. The van der Waals surface area contributed by atoms with E-state index in [0.717, 1.165) is 12.7 Å². The van der Waals surface area contributed by atoms with E-state index in [2.05, 4.69) is 18.7 Å². The average molecular weight is 181 g/mol. The largest absolute Gasteiger partial charge is 0.303 e. The zero-order chi connectivity index (χ0) is 9.47. The van der Waals surface area contributed by atoms with Crippen LogP contribution in [0.2, 0.25) is 0 Å². The zero-order valence-electron chi connectivity index (χ0n) is 8.62. The fraction of sp³-hybridized carbons (Fsp3) is 0.909. The van der Waals surface area contributed by atoms with Crippen LogP contribution in [-0.2, 0) is 4.79 Å². The van der Waals surface area contributed by atoms with Gasteiger partial charge in [0.25, 0.3) is 0 Å². The summed E-state index contributed by atoms with van der Waals surface area (Å²) in [6, 6.07) is 0. The van der Waals surface area contributed by atoms with E-state index in [-0.39, 0.29) is 5.54 Å². The number of carbonyl (C=O) groups is 1. The molecule has 0 aromatic carbocycles. The lowest BCUT2D eigenvalue weighted by Crippen LogP contribution is -2.44. The lowest BCUT2D eigenvalue weighted by molar-refractivity contribution is -0.109. The summed E-state index contributed by atoms with van der Waals surface area (Å²) in [7, 11) is 0. The Bertz CT molecular complexity index is 206. The molecule has 0 unspecified atom stereocenters. The summed E-state index contributed by atoms with van der Waals surface area (Å²) >= 11 is 0. The van der Waals surface area contributed by atoms with Gasteiger partial charge in [-0.1, -0.05) is 0 Å². The molecule has 0 N–H and O–H groups in total. The Morgan fingerprint density at radius 3 is 2.38 bits per heavy atom. The van der Waals surface area contributed by atoms with E-state index in [9.17, 15) is 4.79 Å². The minimum absolute atomic E-state index is 0.266. The molecule has 2 aliphatic rings. The van der Waals surface area contributed by atoms with Crippen LogP contribution in [0, 0.1) is 11.8 Å². The van der Waals surface area contributed by atoms with Gasteiger partial charge in [0.2, 0.25) is 0 Å². The SMILES string of the molecule is CC(C)([C@@H]1C[C@@H]1C=O)N1CCCC1. The van der Waals surface area contributed by atoms with Gasteiger partial charge < -0.3 is 4.79 Å². The van der Waals surface area contributed by atoms with E-state index >= 15 is 0 Å². The van der Waals surface area contributed by atoms with Crippen LogP contribution in [0.25, 0.3) is 0 Å². The van der Waals surface area contributed by atoms with E-state index in [0.29, 0.717) is 11.8 Å². The second-order valence-electron chi connectivity index (χ2n) is 4.99. The molecule has 0 bridgehead atoms. The molecule has 1 heterocycles. The third-order valence-electron chi connectivity index (χ3n) is 3.84. The number of rotatable bonds is 3. The van der Waals surface area contributed by atoms with E-state index in [4.69, 9.17) is 0 Å². The maximum atomic E-state index is 10.6. The highest BCUT2D eigenvalue weighted by Gasteiger charge is 2.50. The highest BCUT2D eigenvalue weighted by molar-refractivity contribution is 5.58. The first-order valence-corrected chi connectivity index (χ1v) is 5.36. The molecule has 0 aromatic rings. The molecule has 1 saturated heterocycles. The molecule has 0 spiro atoms. The lowest BCUT2D eigenvalue weighted by atomic mass is 9.95. The van der Waals surface area contributed by atoms with Gasteiger partial charge in [-0.05, 0) is 52.1 Å². The topological polar surface area (TPSA) is 20.3 Å². The molecule has 2 nitrogen and oxygen atoms in total. The molecule has 1 saturated carbocycles. The lowest BCUT2D eigenvalue weighted by Gasteiger charge is -2.36. The predicted octanol–water partition coefficient (Wildman–Crippen LogP) is 1.70. The van der Waals surface area contributed by atoms with Crippen LogP contribution in [0.3, 0.4) is 0 Å². The first-order valence-electron chi connectivity index (χ1n) is 5.36. The highest BCUT2D eigenvalue weighted by Crippen LogP contribution is 2.48. The van der Waals surface area contributed by atoms with Crippen molar-refractivity contribution in [1.29, 1.82) is 0 Å². The number of carbonyl (C=O) groups excluding carboxylic acids is 1. The number of likely N-dealkylation sites (tertiary alicyclic amines) is 1. The molecule has 2 rings (SSSR count). The van der Waals surface area contributed by atoms with Crippen molar-refractivity contribution in [2.75, 3.05) is 13.1 Å². The number of aldehydes is 1. The molecular weight excluding hydrogens is 162 g/mol. The summed E-state index contributed by atoms with van der Waals surface area (Å²) in [5.41, 5.74) is 0.266. The molecule has 2 fully saturated rings. The van der Waals surface area contributed by atoms with Gasteiger partial charge in [-0.25, -0.2) is 0 Å². The molecule has 0 radical (unpaired) electrons. The number of hydrogen-bond acceptors (Lipinski definition) is 2. The van der Waals surface area contributed by atoms with Crippen molar-refractivity contribution in [2.24, 2.45) is 11.8 Å². The fourth-order valence-electron chi connectivity index (χ4n) is 2.71. The zero-order valence-corrected chi connectivity index (χ0v) is 8.62. The van der Waals surface area contributed by atoms with Gasteiger partial charge in [-0.2, -0.15) is 0 Å². The Morgan fingerprint density at radius 1 is 1.31 bits per heavy atom. The minimum atomic E-state index is 0.266. The van der Waals surface area contributed by atoms with Crippen LogP contribution in [0.1, 0.15) is 33.1 Å². The van der Waals surface area contributed by atoms with Gasteiger partial charge in [0.1, 0.15) is 6.29 Å². The maximum Gasteiger partial charge on any atom is 0.123 e. The first kappa shape index (κ1) is 9.20. The quantitative estimate of drug-likeness (QED) is 0.618. The van der Waals surface area contributed by atoms with Crippen LogP contribution in [0.4, 0.5) is 0 Å². The normalized spacial score (nSPS) is 34.9. The highest BCUT2D eigenvalue weighted by atomic mass is 16.1. The van der Waals surface area contributed by atoms with Crippen molar-refractivity contribution in [2.45, 2.75) is 38.6 Å². The van der Waals surface area contributed by atoms with Crippen LogP contribution in [-0.4, -0.2) is 29.8 Å². The van der Waals surface area contributed by atoms with Crippen LogP contribution < -0.4 is 0 Å². The van der Waals surface area contributed by atoms with E-state index in [1.165, 1.54) is 25.9 Å². The van der Waals surface area contributed by atoms with Gasteiger partial charge in [-0.3, -0.25) is 4.90 Å². The Balaban J connectivity index is 1.98.